The summed E-state index contributed by atoms with van der Waals surface area (Å²) in [6, 6.07) is 33.6. The minimum Gasteiger partial charge on any atom is -0.416 e. The molecule has 0 unspecified atom stereocenters. The zero-order chi connectivity index (χ0) is 25.5. The minimum atomic E-state index is 0.395. The molecule has 0 bridgehead atoms. The fourth-order valence-electron chi connectivity index (χ4n) is 3.46. The van der Waals surface area contributed by atoms with Gasteiger partial charge in [-0.1, -0.05) is 35.8 Å². The summed E-state index contributed by atoms with van der Waals surface area (Å²) in [6.45, 7) is 0. The van der Waals surface area contributed by atoms with E-state index in [0.717, 1.165) is 33.4 Å². The summed E-state index contributed by atoms with van der Waals surface area (Å²) in [5.74, 6) is 13.3. The Morgan fingerprint density at radius 3 is 1.24 bits per heavy atom. The lowest BCUT2D eigenvalue weighted by molar-refractivity contribution is 0.584. The Morgan fingerprint density at radius 1 is 0.459 bits per heavy atom. The topological polar surface area (TPSA) is 86.5 Å². The van der Waals surface area contributed by atoms with Crippen molar-refractivity contribution in [2.45, 2.75) is 0 Å². The molecule has 0 aliphatic heterocycles. The Hall–Kier alpha value is -5.88. The zero-order valence-electron chi connectivity index (χ0n) is 19.4. The van der Waals surface area contributed by atoms with Crippen molar-refractivity contribution in [2.75, 3.05) is 0 Å². The van der Waals surface area contributed by atoms with Crippen molar-refractivity contribution in [2.24, 2.45) is 0 Å². The average molecular weight is 473 g/mol. The zero-order valence-corrected chi connectivity index (χ0v) is 19.4. The van der Waals surface area contributed by atoms with Gasteiger partial charge in [0.1, 0.15) is 0 Å². The normalized spacial score (nSPS) is 9.68. The third kappa shape index (κ3) is 5.62. The Morgan fingerprint density at radius 2 is 0.838 bits per heavy atom. The summed E-state index contributed by atoms with van der Waals surface area (Å²) in [7, 11) is 0. The van der Waals surface area contributed by atoms with Gasteiger partial charge in [0.25, 0.3) is 0 Å². The van der Waals surface area contributed by atoms with Crippen LogP contribution in [0.5, 0.6) is 0 Å². The largest absolute Gasteiger partial charge is 0.416 e. The van der Waals surface area contributed by atoms with Crippen LogP contribution >= 0.6 is 0 Å². The molecule has 0 fully saturated rings. The highest BCUT2D eigenvalue weighted by molar-refractivity contribution is 5.62. The van der Waals surface area contributed by atoms with Crippen LogP contribution in [0, 0.1) is 46.3 Å². The van der Waals surface area contributed by atoms with Gasteiger partial charge in [-0.25, -0.2) is 0 Å². The highest BCUT2D eigenvalue weighted by Gasteiger charge is 2.11. The van der Waals surface area contributed by atoms with E-state index < -0.39 is 0 Å². The van der Waals surface area contributed by atoms with E-state index in [1.54, 1.807) is 24.3 Å². The van der Waals surface area contributed by atoms with E-state index in [0.29, 0.717) is 22.9 Å². The first-order valence-electron chi connectivity index (χ1n) is 11.3. The van der Waals surface area contributed by atoms with Gasteiger partial charge in [0.15, 0.2) is 0 Å². The van der Waals surface area contributed by atoms with Crippen LogP contribution < -0.4 is 0 Å². The maximum absolute atomic E-state index is 8.93. The van der Waals surface area contributed by atoms with Gasteiger partial charge in [0.2, 0.25) is 11.8 Å². The molecule has 0 spiro atoms. The molecule has 0 radical (unpaired) electrons. The molecule has 170 valence electrons. The van der Waals surface area contributed by atoms with Crippen molar-refractivity contribution in [1.29, 1.82) is 10.5 Å². The molecule has 1 aromatic heterocycles. The van der Waals surface area contributed by atoms with Crippen LogP contribution in [-0.2, 0) is 0 Å². The van der Waals surface area contributed by atoms with Gasteiger partial charge in [-0.2, -0.15) is 10.5 Å². The number of aromatic nitrogens is 2. The summed E-state index contributed by atoms with van der Waals surface area (Å²) in [5.41, 5.74) is 6.00. The molecular weight excluding hydrogens is 456 g/mol. The van der Waals surface area contributed by atoms with Crippen LogP contribution in [0.25, 0.3) is 22.9 Å². The maximum atomic E-state index is 8.93. The first-order chi connectivity index (χ1) is 18.2. The van der Waals surface area contributed by atoms with Crippen molar-refractivity contribution in [3.05, 3.63) is 130 Å². The first kappa shape index (κ1) is 22.9. The lowest BCUT2D eigenvalue weighted by Gasteiger charge is -1.98. The van der Waals surface area contributed by atoms with E-state index in [1.807, 2.05) is 72.8 Å². The molecule has 5 rings (SSSR count). The molecule has 0 saturated heterocycles. The van der Waals surface area contributed by atoms with E-state index in [1.165, 1.54) is 0 Å². The van der Waals surface area contributed by atoms with Crippen LogP contribution in [0.2, 0.25) is 0 Å². The molecule has 0 N–H and O–H groups in total. The number of nitriles is 2. The molecule has 37 heavy (non-hydrogen) atoms. The highest BCUT2D eigenvalue weighted by atomic mass is 16.4. The molecule has 0 saturated carbocycles. The monoisotopic (exact) mass is 472 g/mol. The molecular formula is C32H16N4O. The standard InChI is InChI=1S/C32H16N4O/c33-21-27-15-9-23(10-16-27)7-13-25-3-1-5-29(19-25)31-35-36-32(37-31)30-6-2-4-26(20-30)14-8-24-11-17-28(22-34)18-12-24/h1-6,9-12,15-20H. The molecule has 4 aromatic carbocycles. The minimum absolute atomic E-state index is 0.395. The molecule has 5 heteroatoms. The number of rotatable bonds is 2. The Bertz CT molecular complexity index is 1660. The van der Waals surface area contributed by atoms with E-state index in [-0.39, 0.29) is 0 Å². The second kappa shape index (κ2) is 10.6. The molecule has 5 aromatic rings. The lowest BCUT2D eigenvalue weighted by Crippen LogP contribution is -1.81. The molecule has 1 heterocycles. The summed E-state index contributed by atoms with van der Waals surface area (Å²) < 4.78 is 5.96. The molecule has 0 aliphatic rings. The fraction of sp³-hybridized carbons (Fsp3) is 0. The van der Waals surface area contributed by atoms with Gasteiger partial charge in [-0.15, -0.1) is 10.2 Å². The third-order valence-corrected chi connectivity index (χ3v) is 5.37. The predicted octanol–water partition coefficient (Wildman–Crippen LogP) is 5.95. The van der Waals surface area contributed by atoms with Crippen molar-refractivity contribution in [1.82, 2.24) is 10.2 Å². The SMILES string of the molecule is N#Cc1ccc(C#Cc2cccc(-c3nnc(-c4cccc(C#Cc5ccc(C#N)cc5)c4)o3)c2)cc1. The lowest BCUT2D eigenvalue weighted by atomic mass is 10.1. The van der Waals surface area contributed by atoms with Gasteiger partial charge >= 0.3 is 0 Å². The number of hydrogen-bond acceptors (Lipinski definition) is 5. The van der Waals surface area contributed by atoms with Gasteiger partial charge in [-0.05, 0) is 84.9 Å². The summed E-state index contributed by atoms with van der Waals surface area (Å²) in [6.07, 6.45) is 0. The van der Waals surface area contributed by atoms with Crippen molar-refractivity contribution < 1.29 is 4.42 Å². The van der Waals surface area contributed by atoms with E-state index >= 15 is 0 Å². The van der Waals surface area contributed by atoms with Crippen molar-refractivity contribution in [3.8, 4) is 58.7 Å². The Kier molecular flexibility index (Phi) is 6.55. The van der Waals surface area contributed by atoms with Gasteiger partial charge in [0, 0.05) is 33.4 Å². The van der Waals surface area contributed by atoms with Crippen LogP contribution in [0.4, 0.5) is 0 Å². The van der Waals surface area contributed by atoms with E-state index in [4.69, 9.17) is 14.9 Å². The summed E-state index contributed by atoms with van der Waals surface area (Å²) in [5, 5.41) is 26.3. The maximum Gasteiger partial charge on any atom is 0.248 e. The van der Waals surface area contributed by atoms with Crippen LogP contribution in [0.3, 0.4) is 0 Å². The van der Waals surface area contributed by atoms with Gasteiger partial charge in [0.05, 0.1) is 23.3 Å². The second-order valence-electron chi connectivity index (χ2n) is 7.95. The molecule has 0 atom stereocenters. The number of nitrogens with zero attached hydrogens (tertiary/aromatic N) is 4. The summed E-state index contributed by atoms with van der Waals surface area (Å²) >= 11 is 0. The van der Waals surface area contributed by atoms with Gasteiger partial charge < -0.3 is 4.42 Å². The Balaban J connectivity index is 1.35. The fourth-order valence-corrected chi connectivity index (χ4v) is 3.46. The summed E-state index contributed by atoms with van der Waals surface area (Å²) in [4.78, 5) is 0. The van der Waals surface area contributed by atoms with Crippen molar-refractivity contribution >= 4 is 0 Å². The highest BCUT2D eigenvalue weighted by Crippen LogP contribution is 2.25. The van der Waals surface area contributed by atoms with Crippen LogP contribution in [0.15, 0.2) is 101 Å². The number of benzene rings is 4. The third-order valence-electron chi connectivity index (χ3n) is 5.37. The van der Waals surface area contributed by atoms with Gasteiger partial charge in [-0.3, -0.25) is 0 Å². The van der Waals surface area contributed by atoms with E-state index in [2.05, 4.69) is 46.0 Å². The average Bonchev–Trinajstić information content (AvgIpc) is 3.47. The molecule has 5 nitrogen and oxygen atoms in total. The Labute approximate surface area is 214 Å². The van der Waals surface area contributed by atoms with Crippen LogP contribution in [0.1, 0.15) is 33.4 Å². The van der Waals surface area contributed by atoms with E-state index in [9.17, 15) is 0 Å². The smallest absolute Gasteiger partial charge is 0.248 e. The van der Waals surface area contributed by atoms with Crippen molar-refractivity contribution in [3.63, 3.8) is 0 Å². The molecule has 0 aliphatic carbocycles. The predicted molar refractivity (Wildman–Crippen MR) is 139 cm³/mol. The quantitative estimate of drug-likeness (QED) is 0.297. The molecule has 0 amide bonds. The first-order valence-corrected chi connectivity index (χ1v) is 11.3. The van der Waals surface area contributed by atoms with Crippen LogP contribution in [-0.4, -0.2) is 10.2 Å². The number of hydrogen-bond donors (Lipinski definition) is 0. The second-order valence-corrected chi connectivity index (χ2v) is 7.95.